The third-order valence-corrected chi connectivity index (χ3v) is 11.9. The zero-order valence-corrected chi connectivity index (χ0v) is 43.8. The molecule has 0 saturated carbocycles. The molecule has 0 aliphatic carbocycles. The minimum Gasteiger partial charge on any atom is -0.508 e. The number of aliphatic hydroxyl groups excluding tert-OH is 1. The molecule has 1 aromatic rings. The number of carbonyl (C=O) groups excluding carboxylic acids is 9. The molecule has 1 aromatic carbocycles. The molecule has 76 heavy (non-hydrogen) atoms. The van der Waals surface area contributed by atoms with Gasteiger partial charge in [-0.25, -0.2) is 4.79 Å². The van der Waals surface area contributed by atoms with E-state index in [4.69, 9.17) is 17.2 Å². The van der Waals surface area contributed by atoms with Crippen molar-refractivity contribution in [2.75, 3.05) is 25.1 Å². The Morgan fingerprint density at radius 3 is 1.50 bits per heavy atom. The molecule has 0 bridgehead atoms. The smallest absolute Gasteiger partial charge is 0.326 e. The summed E-state index contributed by atoms with van der Waals surface area (Å²) in [7, 11) is 0. The summed E-state index contributed by atoms with van der Waals surface area (Å²) in [5.74, 6) is -13.0. The Bertz CT molecular complexity index is 2150. The monoisotopic (exact) mass is 1100 g/mol. The second kappa shape index (κ2) is 35.2. The van der Waals surface area contributed by atoms with E-state index in [0.29, 0.717) is 18.4 Å². The van der Waals surface area contributed by atoms with Crippen molar-refractivity contribution in [2.24, 2.45) is 23.1 Å². The Morgan fingerprint density at radius 1 is 0.579 bits per heavy atom. The predicted molar refractivity (Wildman–Crippen MR) is 273 cm³/mol. The molecular weight excluding hydrogens is 1020 g/mol. The van der Waals surface area contributed by atoms with E-state index < -0.39 is 171 Å². The predicted octanol–water partition coefficient (Wildman–Crippen LogP) is -3.84. The van der Waals surface area contributed by atoms with Crippen molar-refractivity contribution >= 4 is 82.8 Å². The first-order chi connectivity index (χ1) is 35.7. The van der Waals surface area contributed by atoms with E-state index >= 15 is 0 Å². The van der Waals surface area contributed by atoms with Crippen LogP contribution in [0.25, 0.3) is 0 Å². The zero-order chi connectivity index (χ0) is 57.7. The van der Waals surface area contributed by atoms with Gasteiger partial charge in [0.05, 0.1) is 18.7 Å². The number of aliphatic hydroxyl groups is 1. The second-order valence-corrected chi connectivity index (χ2v) is 19.2. The third kappa shape index (κ3) is 26.9. The lowest BCUT2D eigenvalue weighted by atomic mass is 10.0. The SMILES string of the molecule is CSCC[C@H](NC(=O)[C@@H](NC(=O)[C@H](CCC(N)=O)NC(=O)[C@H](CCC(=O)O)NC(=O)[C@H](CCC(=O)O)NC(=O)[C@@H](N)CC(C)C)[C@@H](C)O)C(=O)NCC(=O)N[C@@H](CCCCN)C(=O)N[C@@H](Cc1ccc(O)cc1)C(=O)O. The molecule has 0 aliphatic heterocycles. The number of aliphatic carboxylic acids is 3. The summed E-state index contributed by atoms with van der Waals surface area (Å²) < 4.78 is 0. The standard InChI is InChI=1S/C47H75N11O17S/c1-24(2)21-28(49)40(67)53-31(13-16-37(63)64)43(70)55-32(14-17-38(65)66)44(71)54-30(12-15-35(50)61)45(72)58-39(25(3)59)46(73)56-33(18-20-76-4)41(68)51-23-36(62)52-29(7-5-6-19-48)42(69)57-34(47(74)75)22-26-8-10-27(60)11-9-26/h8-11,24-25,28-34,39,59-60H,5-7,12-23,48-49H2,1-4H3,(H2,50,61)(H,51,68)(H,52,62)(H,53,67)(H,54,71)(H,55,70)(H,56,73)(H,57,69)(H,58,72)(H,63,64)(H,65,66)(H,74,75)/t25-,28+,29+,30+,31+,32+,33+,34+,39+/m1/s1. The molecule has 29 heteroatoms. The number of hydrogen-bond acceptors (Lipinski definition) is 17. The van der Waals surface area contributed by atoms with Crippen LogP contribution in [0, 0.1) is 5.92 Å². The Kier molecular flexibility index (Phi) is 31.0. The van der Waals surface area contributed by atoms with Crippen LogP contribution in [0.4, 0.5) is 0 Å². The van der Waals surface area contributed by atoms with Crippen LogP contribution in [0.2, 0.25) is 0 Å². The van der Waals surface area contributed by atoms with Crippen molar-refractivity contribution in [2.45, 2.75) is 152 Å². The van der Waals surface area contributed by atoms with Gasteiger partial charge in [-0.05, 0) is 100 Å². The number of phenolic OH excluding ortho intramolecular Hbond substituents is 1. The van der Waals surface area contributed by atoms with Gasteiger partial charge in [0.2, 0.25) is 53.2 Å². The van der Waals surface area contributed by atoms with E-state index in [1.807, 2.05) is 0 Å². The Balaban J connectivity index is 3.31. The molecule has 1 rings (SSSR count). The maximum atomic E-state index is 13.8. The van der Waals surface area contributed by atoms with Crippen molar-refractivity contribution in [3.05, 3.63) is 29.8 Å². The zero-order valence-electron chi connectivity index (χ0n) is 43.0. The average molecular weight is 1100 g/mol. The van der Waals surface area contributed by atoms with Gasteiger partial charge in [-0.1, -0.05) is 26.0 Å². The summed E-state index contributed by atoms with van der Waals surface area (Å²) in [6, 6.07) is -6.54. The maximum Gasteiger partial charge on any atom is 0.326 e. The minimum atomic E-state index is -1.87. The fourth-order valence-corrected chi connectivity index (χ4v) is 7.60. The van der Waals surface area contributed by atoms with Crippen LogP contribution in [-0.2, 0) is 64.0 Å². The van der Waals surface area contributed by atoms with E-state index in [2.05, 4.69) is 42.5 Å². The normalized spacial score (nSPS) is 14.6. The van der Waals surface area contributed by atoms with E-state index in [-0.39, 0.29) is 49.6 Å². The molecule has 0 saturated heterocycles. The lowest BCUT2D eigenvalue weighted by Gasteiger charge is -2.28. The number of phenols is 1. The fraction of sp³-hybridized carbons (Fsp3) is 0.617. The molecule has 0 fully saturated rings. The third-order valence-electron chi connectivity index (χ3n) is 11.3. The molecule has 0 unspecified atom stereocenters. The molecule has 28 nitrogen and oxygen atoms in total. The number of unbranched alkanes of at least 4 members (excludes halogenated alkanes) is 1. The number of benzene rings is 1. The van der Waals surface area contributed by atoms with Crippen molar-refractivity contribution in [3.63, 3.8) is 0 Å². The number of carboxylic acid groups (broad SMARTS) is 3. The Hall–Kier alpha value is -7.11. The van der Waals surface area contributed by atoms with E-state index in [9.17, 15) is 83.1 Å². The van der Waals surface area contributed by atoms with Gasteiger partial charge in [-0.3, -0.25) is 52.7 Å². The molecule has 9 atom stereocenters. The van der Waals surface area contributed by atoms with Gasteiger partial charge in [-0.15, -0.1) is 0 Å². The number of thioether (sulfide) groups is 1. The summed E-state index contributed by atoms with van der Waals surface area (Å²) in [4.78, 5) is 155. The lowest BCUT2D eigenvalue weighted by molar-refractivity contribution is -0.142. The molecule has 0 aliphatic rings. The van der Waals surface area contributed by atoms with Crippen LogP contribution in [0.5, 0.6) is 5.75 Å². The topological polar surface area (TPSA) is 480 Å². The molecule has 0 heterocycles. The molecule has 19 N–H and O–H groups in total. The number of aromatic hydroxyl groups is 1. The number of hydrogen-bond donors (Lipinski definition) is 16. The van der Waals surface area contributed by atoms with Gasteiger partial charge in [-0.2, -0.15) is 11.8 Å². The van der Waals surface area contributed by atoms with Crippen molar-refractivity contribution in [1.82, 2.24) is 42.5 Å². The first-order valence-corrected chi connectivity index (χ1v) is 25.8. The van der Waals surface area contributed by atoms with Crippen LogP contribution >= 0.6 is 11.8 Å². The molecular formula is C47H75N11O17S. The van der Waals surface area contributed by atoms with Crippen LogP contribution in [0.15, 0.2) is 24.3 Å². The molecule has 0 radical (unpaired) electrons. The Morgan fingerprint density at radius 2 is 1.04 bits per heavy atom. The number of nitrogens with one attached hydrogen (secondary N) is 8. The summed E-state index contributed by atoms with van der Waals surface area (Å²) in [5.41, 5.74) is 17.4. The average Bonchev–Trinajstić information content (AvgIpc) is 3.34. The largest absolute Gasteiger partial charge is 0.508 e. The quantitative estimate of drug-likeness (QED) is 0.0282. The number of rotatable bonds is 38. The number of nitrogens with two attached hydrogens (primary N) is 3. The lowest BCUT2D eigenvalue weighted by Crippen LogP contribution is -2.61. The van der Waals surface area contributed by atoms with Crippen LogP contribution in [-0.4, -0.2) is 176 Å². The molecule has 426 valence electrons. The van der Waals surface area contributed by atoms with Gasteiger partial charge in [0.25, 0.3) is 0 Å². The summed E-state index contributed by atoms with van der Waals surface area (Å²) in [6.45, 7) is 4.18. The van der Waals surface area contributed by atoms with Crippen LogP contribution in [0.3, 0.4) is 0 Å². The Labute approximate surface area is 443 Å². The van der Waals surface area contributed by atoms with Crippen molar-refractivity contribution in [1.29, 1.82) is 0 Å². The molecule has 0 aromatic heterocycles. The summed E-state index contributed by atoms with van der Waals surface area (Å²) in [6.07, 6.45) is -2.74. The molecule has 0 spiro atoms. The minimum absolute atomic E-state index is 0.0360. The highest BCUT2D eigenvalue weighted by molar-refractivity contribution is 7.98. The highest BCUT2D eigenvalue weighted by Gasteiger charge is 2.35. The van der Waals surface area contributed by atoms with Gasteiger partial charge in [0.1, 0.15) is 48.0 Å². The first kappa shape index (κ1) is 66.9. The van der Waals surface area contributed by atoms with Crippen LogP contribution < -0.4 is 59.7 Å². The second-order valence-electron chi connectivity index (χ2n) is 18.3. The summed E-state index contributed by atoms with van der Waals surface area (Å²) >= 11 is 1.27. The van der Waals surface area contributed by atoms with Crippen molar-refractivity contribution < 1.29 is 83.1 Å². The van der Waals surface area contributed by atoms with E-state index in [0.717, 1.165) is 6.92 Å². The highest BCUT2D eigenvalue weighted by Crippen LogP contribution is 2.13. The van der Waals surface area contributed by atoms with Gasteiger partial charge in [0, 0.05) is 25.7 Å². The number of carbonyl (C=O) groups is 12. The van der Waals surface area contributed by atoms with Crippen LogP contribution in [0.1, 0.15) is 97.0 Å². The number of primary amides is 1. The highest BCUT2D eigenvalue weighted by atomic mass is 32.2. The van der Waals surface area contributed by atoms with Gasteiger partial charge < -0.3 is 85.3 Å². The van der Waals surface area contributed by atoms with Gasteiger partial charge in [0.15, 0.2) is 0 Å². The summed E-state index contributed by atoms with van der Waals surface area (Å²) in [5, 5.41) is 67.6. The first-order valence-electron chi connectivity index (χ1n) is 24.4. The van der Waals surface area contributed by atoms with E-state index in [1.54, 1.807) is 20.1 Å². The fourth-order valence-electron chi connectivity index (χ4n) is 7.13. The number of amides is 9. The van der Waals surface area contributed by atoms with E-state index in [1.165, 1.54) is 36.0 Å². The number of carboxylic acids is 3. The maximum absolute atomic E-state index is 13.8. The molecule has 9 amide bonds. The van der Waals surface area contributed by atoms with Gasteiger partial charge >= 0.3 is 17.9 Å². The van der Waals surface area contributed by atoms with Crippen molar-refractivity contribution in [3.8, 4) is 5.75 Å².